The van der Waals surface area contributed by atoms with E-state index >= 15 is 0 Å². The van der Waals surface area contributed by atoms with Gasteiger partial charge >= 0.3 is 23.9 Å². The van der Waals surface area contributed by atoms with Gasteiger partial charge < -0.3 is 33.3 Å². The molecule has 1 aromatic carbocycles. The molecule has 254 valence electrons. The molecule has 48 heavy (non-hydrogen) atoms. The molecular formula is C29H32N8O11. The topological polar surface area (TPSA) is 218 Å². The number of ether oxygens (including phenoxy) is 6. The monoisotopic (exact) mass is 668 g/mol. The van der Waals surface area contributed by atoms with Crippen LogP contribution < -0.4 is 9.47 Å². The SMILES string of the molecule is COC(=O)c1nnn(CCCCOc2cc3c(cc2OC)C(=O)N2C[C@@H](n4nnc(C(=O)OC)c4C(=O)OC)C[C@H]2C=N3)c1C(=O)OC. The van der Waals surface area contributed by atoms with Crippen molar-refractivity contribution in [3.05, 3.63) is 40.5 Å². The summed E-state index contributed by atoms with van der Waals surface area (Å²) in [5.41, 5.74) is -0.140. The second kappa shape index (κ2) is 14.3. The van der Waals surface area contributed by atoms with Crippen LogP contribution in [0.15, 0.2) is 17.1 Å². The van der Waals surface area contributed by atoms with Crippen LogP contribution >= 0.6 is 0 Å². The zero-order valence-electron chi connectivity index (χ0n) is 26.7. The quantitative estimate of drug-likeness (QED) is 0.150. The van der Waals surface area contributed by atoms with Crippen LogP contribution in [-0.4, -0.2) is 126 Å². The van der Waals surface area contributed by atoms with E-state index in [4.69, 9.17) is 23.7 Å². The van der Waals surface area contributed by atoms with Crippen molar-refractivity contribution in [3.8, 4) is 11.5 Å². The Kier molecular flexibility index (Phi) is 9.95. The van der Waals surface area contributed by atoms with Crippen molar-refractivity contribution < 1.29 is 52.4 Å². The van der Waals surface area contributed by atoms with Gasteiger partial charge in [-0.3, -0.25) is 9.79 Å². The highest BCUT2D eigenvalue weighted by atomic mass is 16.5. The van der Waals surface area contributed by atoms with Crippen LogP contribution in [0.4, 0.5) is 5.69 Å². The average Bonchev–Trinajstić information content (AvgIpc) is 3.84. The van der Waals surface area contributed by atoms with Gasteiger partial charge in [-0.1, -0.05) is 10.4 Å². The number of amides is 1. The molecule has 1 amide bonds. The molecule has 0 spiro atoms. The molecule has 0 bridgehead atoms. The molecule has 2 aromatic heterocycles. The molecule has 3 aromatic rings. The first-order chi connectivity index (χ1) is 23.2. The molecule has 4 heterocycles. The molecule has 0 N–H and O–H groups in total. The molecule has 0 saturated carbocycles. The van der Waals surface area contributed by atoms with Crippen molar-refractivity contribution in [3.63, 3.8) is 0 Å². The molecule has 2 aliphatic heterocycles. The van der Waals surface area contributed by atoms with E-state index in [1.165, 1.54) is 37.8 Å². The predicted molar refractivity (Wildman–Crippen MR) is 160 cm³/mol. The number of aryl methyl sites for hydroxylation is 1. The highest BCUT2D eigenvalue weighted by Crippen LogP contribution is 2.39. The van der Waals surface area contributed by atoms with Gasteiger partial charge in [0.15, 0.2) is 22.9 Å². The van der Waals surface area contributed by atoms with Crippen molar-refractivity contribution in [2.45, 2.75) is 37.9 Å². The maximum absolute atomic E-state index is 13.8. The average molecular weight is 669 g/mol. The number of hydrogen-bond donors (Lipinski definition) is 0. The third kappa shape index (κ3) is 6.25. The molecule has 2 atom stereocenters. The Balaban J connectivity index is 1.27. The van der Waals surface area contributed by atoms with E-state index < -0.39 is 36.0 Å². The van der Waals surface area contributed by atoms with Crippen molar-refractivity contribution in [2.75, 3.05) is 48.7 Å². The van der Waals surface area contributed by atoms with Gasteiger partial charge in [-0.25, -0.2) is 28.5 Å². The Labute approximate surface area is 272 Å². The number of aliphatic imine (C=N–C) groups is 1. The summed E-state index contributed by atoms with van der Waals surface area (Å²) in [5.74, 6) is -2.89. The second-order valence-electron chi connectivity index (χ2n) is 10.5. The first-order valence-corrected chi connectivity index (χ1v) is 14.6. The number of carbonyl (C=O) groups is 5. The molecular weight excluding hydrogens is 636 g/mol. The molecule has 0 radical (unpaired) electrons. The van der Waals surface area contributed by atoms with Crippen LogP contribution in [0.2, 0.25) is 0 Å². The van der Waals surface area contributed by atoms with Gasteiger partial charge in [0, 0.05) is 25.4 Å². The van der Waals surface area contributed by atoms with Gasteiger partial charge in [-0.15, -0.1) is 10.2 Å². The number of carbonyl (C=O) groups excluding carboxylic acids is 5. The Morgan fingerprint density at radius 2 is 1.46 bits per heavy atom. The molecule has 5 rings (SSSR count). The van der Waals surface area contributed by atoms with Crippen molar-refractivity contribution in [1.82, 2.24) is 34.9 Å². The highest BCUT2D eigenvalue weighted by Gasteiger charge is 2.41. The fourth-order valence-electron chi connectivity index (χ4n) is 5.43. The third-order valence-corrected chi connectivity index (χ3v) is 7.79. The van der Waals surface area contributed by atoms with E-state index in [2.05, 4.69) is 30.4 Å². The number of nitrogens with zero attached hydrogens (tertiary/aromatic N) is 8. The van der Waals surface area contributed by atoms with E-state index in [1.54, 1.807) is 23.2 Å². The molecule has 19 heteroatoms. The van der Waals surface area contributed by atoms with Crippen LogP contribution in [0.25, 0.3) is 0 Å². The first-order valence-electron chi connectivity index (χ1n) is 14.6. The van der Waals surface area contributed by atoms with Gasteiger partial charge in [-0.2, -0.15) is 0 Å². The second-order valence-corrected chi connectivity index (χ2v) is 10.5. The summed E-state index contributed by atoms with van der Waals surface area (Å²) in [7, 11) is 6.14. The summed E-state index contributed by atoms with van der Waals surface area (Å²) in [6, 6.07) is 2.21. The standard InChI is InChI=1S/C29H32N8O11/c1-43-19-11-17-18(12-20(19)48-9-7-6-8-36-23(28(41)46-4)21(31-33-36)26(39)44-2)30-13-15-10-16(14-35(15)25(17)38)37-24(29(42)47-5)22(32-34-37)27(40)45-3/h11-13,15-16H,6-10,14H2,1-5H3/t15-,16-/m0/s1. The minimum absolute atomic E-state index is 0.108. The van der Waals surface area contributed by atoms with E-state index in [9.17, 15) is 24.0 Å². The lowest BCUT2D eigenvalue weighted by Crippen LogP contribution is -2.35. The lowest BCUT2D eigenvalue weighted by Gasteiger charge is -2.21. The number of methoxy groups -OCH3 is 5. The van der Waals surface area contributed by atoms with Gasteiger partial charge in [0.25, 0.3) is 5.91 Å². The number of unbranched alkanes of at least 4 members (excludes halogenated alkanes) is 1. The predicted octanol–water partition coefficient (Wildman–Crippen LogP) is 1.06. The number of aromatic nitrogens is 6. The third-order valence-electron chi connectivity index (χ3n) is 7.79. The molecule has 19 nitrogen and oxygen atoms in total. The summed E-state index contributed by atoms with van der Waals surface area (Å²) < 4.78 is 33.1. The summed E-state index contributed by atoms with van der Waals surface area (Å²) in [6.45, 7) is 0.632. The van der Waals surface area contributed by atoms with E-state index in [0.717, 1.165) is 7.11 Å². The van der Waals surface area contributed by atoms with Crippen molar-refractivity contribution in [2.24, 2.45) is 4.99 Å². The molecule has 1 saturated heterocycles. The van der Waals surface area contributed by atoms with Crippen LogP contribution in [0.3, 0.4) is 0 Å². The van der Waals surface area contributed by atoms with Gasteiger partial charge in [0.1, 0.15) is 0 Å². The van der Waals surface area contributed by atoms with Crippen LogP contribution in [0.5, 0.6) is 11.5 Å². The molecule has 0 aliphatic carbocycles. The van der Waals surface area contributed by atoms with E-state index in [0.29, 0.717) is 36.4 Å². The smallest absolute Gasteiger partial charge is 0.361 e. The lowest BCUT2D eigenvalue weighted by molar-refractivity contribution is 0.0541. The number of hydrogen-bond acceptors (Lipinski definition) is 16. The largest absolute Gasteiger partial charge is 0.493 e. The fraction of sp³-hybridized carbons (Fsp3) is 0.448. The maximum atomic E-state index is 13.8. The minimum atomic E-state index is -0.844. The van der Waals surface area contributed by atoms with Crippen molar-refractivity contribution >= 4 is 41.7 Å². The summed E-state index contributed by atoms with van der Waals surface area (Å²) in [4.78, 5) is 68.9. The van der Waals surface area contributed by atoms with Crippen LogP contribution in [0, 0.1) is 0 Å². The van der Waals surface area contributed by atoms with Crippen LogP contribution in [-0.2, 0) is 25.5 Å². The Morgan fingerprint density at radius 1 is 0.812 bits per heavy atom. The summed E-state index contributed by atoms with van der Waals surface area (Å²) in [6.07, 6.45) is 2.99. The van der Waals surface area contributed by atoms with E-state index in [1.807, 2.05) is 0 Å². The minimum Gasteiger partial charge on any atom is -0.493 e. The highest BCUT2D eigenvalue weighted by molar-refractivity contribution is 6.04. The van der Waals surface area contributed by atoms with Gasteiger partial charge in [0.05, 0.1) is 65.5 Å². The number of rotatable bonds is 12. The Bertz CT molecular complexity index is 1780. The normalized spacial score (nSPS) is 16.4. The number of esters is 4. The first kappa shape index (κ1) is 33.5. The lowest BCUT2D eigenvalue weighted by atomic mass is 10.1. The summed E-state index contributed by atoms with van der Waals surface area (Å²) in [5, 5.41) is 15.5. The molecule has 0 unspecified atom stereocenters. The molecule has 2 aliphatic rings. The zero-order chi connectivity index (χ0) is 34.5. The number of fused-ring (bicyclic) bond motifs is 2. The fourth-order valence-corrected chi connectivity index (χ4v) is 5.43. The van der Waals surface area contributed by atoms with Gasteiger partial charge in [0.2, 0.25) is 11.4 Å². The molecule has 1 fully saturated rings. The Hall–Kier alpha value is -5.88. The number of benzene rings is 1. The zero-order valence-corrected chi connectivity index (χ0v) is 26.7. The Morgan fingerprint density at radius 3 is 2.12 bits per heavy atom. The van der Waals surface area contributed by atoms with Crippen LogP contribution in [0.1, 0.15) is 77.6 Å². The maximum Gasteiger partial charge on any atom is 0.361 e. The summed E-state index contributed by atoms with van der Waals surface area (Å²) >= 11 is 0. The van der Waals surface area contributed by atoms with Gasteiger partial charge in [-0.05, 0) is 25.3 Å². The van der Waals surface area contributed by atoms with Crippen molar-refractivity contribution in [1.29, 1.82) is 0 Å². The van der Waals surface area contributed by atoms with E-state index in [-0.39, 0.29) is 53.9 Å².